The number of halogens is 1. The number of rotatable bonds is 10. The SMILES string of the molecule is CCCCOCCCNC(=NC)NCC(C)SC.I. The average Bonchev–Trinajstić information content (AvgIpc) is 2.40. The van der Waals surface area contributed by atoms with Crippen LogP contribution in [0.1, 0.15) is 33.1 Å². The van der Waals surface area contributed by atoms with Gasteiger partial charge in [-0.2, -0.15) is 11.8 Å². The first-order valence-corrected chi connectivity index (χ1v) is 8.08. The van der Waals surface area contributed by atoms with Gasteiger partial charge in [0.15, 0.2) is 5.96 Å². The van der Waals surface area contributed by atoms with Gasteiger partial charge in [0.2, 0.25) is 0 Å². The standard InChI is InChI=1S/C13H29N3OS.HI/c1-5-6-9-17-10-7-8-15-13(14-3)16-11-12(2)18-4;/h12H,5-11H2,1-4H3,(H2,14,15,16);1H. The van der Waals surface area contributed by atoms with Crippen molar-refractivity contribution in [2.75, 3.05) is 39.6 Å². The molecule has 1 atom stereocenters. The molecule has 0 aromatic heterocycles. The first kappa shape index (κ1) is 21.6. The van der Waals surface area contributed by atoms with E-state index >= 15 is 0 Å². The molecule has 0 saturated heterocycles. The first-order valence-electron chi connectivity index (χ1n) is 6.79. The molecule has 0 saturated carbocycles. The van der Waals surface area contributed by atoms with E-state index < -0.39 is 0 Å². The molecule has 0 rings (SSSR count). The molecule has 0 fully saturated rings. The third-order valence-corrected chi connectivity index (χ3v) is 3.55. The largest absolute Gasteiger partial charge is 0.381 e. The predicted molar refractivity (Wildman–Crippen MR) is 98.1 cm³/mol. The lowest BCUT2D eigenvalue weighted by atomic mass is 10.4. The van der Waals surface area contributed by atoms with Crippen molar-refractivity contribution in [3.8, 4) is 0 Å². The normalized spacial score (nSPS) is 12.7. The van der Waals surface area contributed by atoms with E-state index in [0.29, 0.717) is 5.25 Å². The van der Waals surface area contributed by atoms with Crippen molar-refractivity contribution in [2.24, 2.45) is 4.99 Å². The van der Waals surface area contributed by atoms with E-state index in [1.165, 1.54) is 6.42 Å². The monoisotopic (exact) mass is 403 g/mol. The Morgan fingerprint density at radius 2 is 1.95 bits per heavy atom. The summed E-state index contributed by atoms with van der Waals surface area (Å²) in [6.45, 7) is 7.93. The number of hydrogen-bond donors (Lipinski definition) is 2. The highest BCUT2D eigenvalue weighted by atomic mass is 127. The van der Waals surface area contributed by atoms with Crippen LogP contribution in [0.15, 0.2) is 4.99 Å². The fourth-order valence-corrected chi connectivity index (χ4v) is 1.52. The van der Waals surface area contributed by atoms with Crippen LogP contribution in [0.4, 0.5) is 0 Å². The van der Waals surface area contributed by atoms with Crippen molar-refractivity contribution >= 4 is 41.7 Å². The number of thioether (sulfide) groups is 1. The molecular weight excluding hydrogens is 373 g/mol. The van der Waals surface area contributed by atoms with Gasteiger partial charge in [-0.1, -0.05) is 20.3 Å². The molecule has 0 amide bonds. The maximum atomic E-state index is 5.50. The summed E-state index contributed by atoms with van der Waals surface area (Å²) in [6, 6.07) is 0. The van der Waals surface area contributed by atoms with Gasteiger partial charge < -0.3 is 15.4 Å². The third-order valence-electron chi connectivity index (χ3n) is 2.58. The fraction of sp³-hybridized carbons (Fsp3) is 0.923. The number of unbranched alkanes of at least 4 members (excludes halogenated alkanes) is 1. The Bertz CT molecular complexity index is 218. The molecule has 4 nitrogen and oxygen atoms in total. The Kier molecular flexibility index (Phi) is 18.6. The third kappa shape index (κ3) is 14.5. The van der Waals surface area contributed by atoms with Gasteiger partial charge in [0, 0.05) is 38.6 Å². The molecule has 0 aromatic rings. The maximum Gasteiger partial charge on any atom is 0.191 e. The molecule has 0 aliphatic rings. The molecule has 0 radical (unpaired) electrons. The predicted octanol–water partition coefficient (Wildman–Crippen LogP) is 2.73. The van der Waals surface area contributed by atoms with Gasteiger partial charge in [-0.05, 0) is 19.1 Å². The van der Waals surface area contributed by atoms with E-state index in [2.05, 4.69) is 35.7 Å². The van der Waals surface area contributed by atoms with Gasteiger partial charge in [0.05, 0.1) is 0 Å². The lowest BCUT2D eigenvalue weighted by Crippen LogP contribution is -2.40. The van der Waals surface area contributed by atoms with E-state index in [4.69, 9.17) is 4.74 Å². The second-order valence-electron chi connectivity index (χ2n) is 4.25. The molecule has 2 N–H and O–H groups in total. The van der Waals surface area contributed by atoms with Crippen LogP contribution in [0.3, 0.4) is 0 Å². The molecule has 0 aromatic carbocycles. The zero-order valence-electron chi connectivity index (χ0n) is 12.7. The average molecular weight is 403 g/mol. The van der Waals surface area contributed by atoms with Crippen LogP contribution in [0, 0.1) is 0 Å². The quantitative estimate of drug-likeness (QED) is 0.255. The summed E-state index contributed by atoms with van der Waals surface area (Å²) in [5.74, 6) is 0.879. The highest BCUT2D eigenvalue weighted by Crippen LogP contribution is 2.02. The summed E-state index contributed by atoms with van der Waals surface area (Å²) in [5, 5.41) is 7.20. The number of hydrogen-bond acceptors (Lipinski definition) is 3. The summed E-state index contributed by atoms with van der Waals surface area (Å²) in [5.41, 5.74) is 0. The molecule has 0 aliphatic heterocycles. The Morgan fingerprint density at radius 1 is 1.26 bits per heavy atom. The Morgan fingerprint density at radius 3 is 2.53 bits per heavy atom. The Labute approximate surface area is 139 Å². The van der Waals surface area contributed by atoms with Crippen LogP contribution >= 0.6 is 35.7 Å². The van der Waals surface area contributed by atoms with Crippen LogP contribution in [-0.2, 0) is 4.74 Å². The second kappa shape index (κ2) is 16.4. The molecule has 0 bridgehead atoms. The smallest absolute Gasteiger partial charge is 0.191 e. The van der Waals surface area contributed by atoms with Gasteiger partial charge in [-0.25, -0.2) is 0 Å². The summed E-state index contributed by atoms with van der Waals surface area (Å²) in [7, 11) is 1.80. The minimum atomic E-state index is 0. The molecule has 0 heterocycles. The Balaban J connectivity index is 0. The van der Waals surface area contributed by atoms with Crippen LogP contribution in [-0.4, -0.2) is 50.8 Å². The minimum Gasteiger partial charge on any atom is -0.381 e. The molecule has 0 spiro atoms. The number of guanidine groups is 1. The van der Waals surface area contributed by atoms with Crippen LogP contribution in [0.5, 0.6) is 0 Å². The van der Waals surface area contributed by atoms with E-state index in [1.807, 2.05) is 11.8 Å². The van der Waals surface area contributed by atoms with Crippen molar-refractivity contribution in [1.82, 2.24) is 10.6 Å². The molecule has 6 heteroatoms. The molecule has 116 valence electrons. The molecule has 1 unspecified atom stereocenters. The van der Waals surface area contributed by atoms with Crippen LogP contribution in [0.2, 0.25) is 0 Å². The summed E-state index contributed by atoms with van der Waals surface area (Å²) < 4.78 is 5.50. The van der Waals surface area contributed by atoms with Crippen molar-refractivity contribution in [2.45, 2.75) is 38.4 Å². The summed E-state index contributed by atoms with van der Waals surface area (Å²) in [4.78, 5) is 4.19. The number of aliphatic imine (C=N–C) groups is 1. The van der Waals surface area contributed by atoms with E-state index in [1.54, 1.807) is 7.05 Å². The summed E-state index contributed by atoms with van der Waals surface area (Å²) in [6.07, 6.45) is 5.49. The Hall–Kier alpha value is 0.310. The maximum absolute atomic E-state index is 5.50. The van der Waals surface area contributed by atoms with Gasteiger partial charge in [-0.3, -0.25) is 4.99 Å². The minimum absolute atomic E-state index is 0. The van der Waals surface area contributed by atoms with Crippen molar-refractivity contribution < 1.29 is 4.74 Å². The summed E-state index contributed by atoms with van der Waals surface area (Å²) >= 11 is 1.85. The first-order chi connectivity index (χ1) is 8.74. The lowest BCUT2D eigenvalue weighted by molar-refractivity contribution is 0.129. The number of nitrogens with zero attached hydrogens (tertiary/aromatic N) is 1. The van der Waals surface area contributed by atoms with Gasteiger partial charge in [0.1, 0.15) is 0 Å². The van der Waals surface area contributed by atoms with Crippen molar-refractivity contribution in [3.05, 3.63) is 0 Å². The highest BCUT2D eigenvalue weighted by Gasteiger charge is 2.01. The van der Waals surface area contributed by atoms with E-state index in [-0.39, 0.29) is 24.0 Å². The van der Waals surface area contributed by atoms with E-state index in [9.17, 15) is 0 Å². The molecular formula is C13H30IN3OS. The van der Waals surface area contributed by atoms with Gasteiger partial charge in [0.25, 0.3) is 0 Å². The van der Waals surface area contributed by atoms with Crippen molar-refractivity contribution in [1.29, 1.82) is 0 Å². The van der Waals surface area contributed by atoms with Crippen LogP contribution < -0.4 is 10.6 Å². The van der Waals surface area contributed by atoms with Gasteiger partial charge in [-0.15, -0.1) is 24.0 Å². The zero-order chi connectivity index (χ0) is 13.6. The van der Waals surface area contributed by atoms with E-state index in [0.717, 1.165) is 45.1 Å². The fourth-order valence-electron chi connectivity index (χ4n) is 1.27. The molecule has 0 aliphatic carbocycles. The van der Waals surface area contributed by atoms with Crippen molar-refractivity contribution in [3.63, 3.8) is 0 Å². The van der Waals surface area contributed by atoms with Gasteiger partial charge >= 0.3 is 0 Å². The van der Waals surface area contributed by atoms with Crippen LogP contribution in [0.25, 0.3) is 0 Å². The zero-order valence-corrected chi connectivity index (χ0v) is 15.8. The highest BCUT2D eigenvalue weighted by molar-refractivity contribution is 14.0. The number of nitrogens with one attached hydrogen (secondary N) is 2. The topological polar surface area (TPSA) is 45.6 Å². The lowest BCUT2D eigenvalue weighted by Gasteiger charge is -2.14. The second-order valence-corrected chi connectivity index (χ2v) is 5.52. The number of ether oxygens (including phenoxy) is 1. The molecule has 19 heavy (non-hydrogen) atoms.